The van der Waals surface area contributed by atoms with Crippen LogP contribution in [0.3, 0.4) is 0 Å². The van der Waals surface area contributed by atoms with Gasteiger partial charge in [-0.2, -0.15) is 4.99 Å². The Bertz CT molecular complexity index is 1050. The third kappa shape index (κ3) is 7.53. The molecule has 9 nitrogen and oxygen atoms in total. The van der Waals surface area contributed by atoms with Gasteiger partial charge in [0.2, 0.25) is 5.90 Å². The van der Waals surface area contributed by atoms with Crippen LogP contribution in [-0.4, -0.2) is 78.2 Å². The van der Waals surface area contributed by atoms with Crippen molar-refractivity contribution < 1.29 is 18.3 Å². The lowest BCUT2D eigenvalue weighted by Crippen LogP contribution is -2.51. The third-order valence-electron chi connectivity index (χ3n) is 6.27. The molecule has 1 amide bonds. The molecule has 1 aliphatic heterocycles. The summed E-state index contributed by atoms with van der Waals surface area (Å²) in [6.45, 7) is 2.37. The van der Waals surface area contributed by atoms with Crippen molar-refractivity contribution in [1.29, 1.82) is 5.41 Å². The number of amidine groups is 1. The number of piperidine rings is 1. The van der Waals surface area contributed by atoms with E-state index in [2.05, 4.69) is 9.98 Å². The highest BCUT2D eigenvalue weighted by Crippen LogP contribution is 2.40. The van der Waals surface area contributed by atoms with E-state index < -0.39 is 30.2 Å². The summed E-state index contributed by atoms with van der Waals surface area (Å²) in [6, 6.07) is 0.754. The van der Waals surface area contributed by atoms with E-state index in [-0.39, 0.29) is 30.4 Å². The van der Waals surface area contributed by atoms with Gasteiger partial charge in [0.1, 0.15) is 5.84 Å². The number of likely N-dealkylation sites (tertiary alicyclic amines) is 1. The normalized spacial score (nSPS) is 21.9. The lowest BCUT2D eigenvalue weighted by molar-refractivity contribution is -0.127. The van der Waals surface area contributed by atoms with Crippen LogP contribution in [0, 0.1) is 11.3 Å². The molecule has 192 valence electrons. The van der Waals surface area contributed by atoms with Gasteiger partial charge in [0.25, 0.3) is 17.4 Å². The topological polar surface area (TPSA) is 128 Å². The molecule has 2 heterocycles. The van der Waals surface area contributed by atoms with Gasteiger partial charge in [0, 0.05) is 43.9 Å². The number of halogens is 2. The summed E-state index contributed by atoms with van der Waals surface area (Å²) in [4.78, 5) is 34.7. The molecule has 1 aromatic rings. The number of hydrogen-bond acceptors (Lipinski definition) is 6. The molecule has 1 saturated heterocycles. The molecule has 1 aliphatic carbocycles. The highest BCUT2D eigenvalue weighted by atomic mass is 19.3. The summed E-state index contributed by atoms with van der Waals surface area (Å²) >= 11 is 0. The largest absolute Gasteiger partial charge is 0.478 e. The number of aromatic nitrogens is 1. The average Bonchev–Trinajstić information content (AvgIpc) is 3.61. The number of aromatic amines is 1. The molecule has 11 heteroatoms. The first kappa shape index (κ1) is 26.7. The van der Waals surface area contributed by atoms with Crippen molar-refractivity contribution in [2.24, 2.45) is 16.6 Å². The van der Waals surface area contributed by atoms with Crippen LogP contribution >= 0.6 is 0 Å². The van der Waals surface area contributed by atoms with E-state index in [4.69, 9.17) is 15.9 Å². The Balaban J connectivity index is 1.67. The van der Waals surface area contributed by atoms with Crippen molar-refractivity contribution in [3.05, 3.63) is 45.9 Å². The maximum absolute atomic E-state index is 14.9. The first-order valence-electron chi connectivity index (χ1n) is 11.7. The van der Waals surface area contributed by atoms with Crippen LogP contribution in [0.15, 0.2) is 34.2 Å². The minimum absolute atomic E-state index is 0.0230. The minimum Gasteiger partial charge on any atom is -0.478 e. The van der Waals surface area contributed by atoms with Crippen LogP contribution < -0.4 is 11.3 Å². The summed E-state index contributed by atoms with van der Waals surface area (Å²) in [6.07, 6.45) is 5.77. The zero-order valence-electron chi connectivity index (χ0n) is 20.4. The maximum atomic E-state index is 14.9. The average molecular weight is 493 g/mol. The SMILES string of the molecule is C[C@@H](C(=O)N=C(N)/C=C\C(=N)OCC1CC1)N1CCC(F)(F)[C@@H](c2c[nH]c(=O)c(CN(C)C)c2)C1. The van der Waals surface area contributed by atoms with Crippen molar-refractivity contribution in [2.75, 3.05) is 33.8 Å². The number of alkyl halides is 2. The van der Waals surface area contributed by atoms with Gasteiger partial charge < -0.3 is 20.4 Å². The number of amides is 1. The van der Waals surface area contributed by atoms with Gasteiger partial charge in [-0.1, -0.05) is 0 Å². The van der Waals surface area contributed by atoms with Gasteiger partial charge in [-0.3, -0.25) is 19.9 Å². The number of rotatable bonds is 9. The summed E-state index contributed by atoms with van der Waals surface area (Å²) in [7, 11) is 3.59. The molecule has 2 aliphatic rings. The quantitative estimate of drug-likeness (QED) is 0.358. The highest BCUT2D eigenvalue weighted by Gasteiger charge is 2.46. The number of H-pyrrole nitrogens is 1. The number of nitrogens with zero attached hydrogens (tertiary/aromatic N) is 3. The fourth-order valence-electron chi connectivity index (χ4n) is 3.95. The monoisotopic (exact) mass is 492 g/mol. The number of carbonyl (C=O) groups is 1. The third-order valence-corrected chi connectivity index (χ3v) is 6.27. The molecule has 35 heavy (non-hydrogen) atoms. The van der Waals surface area contributed by atoms with Crippen LogP contribution in [-0.2, 0) is 16.1 Å². The molecule has 2 fully saturated rings. The van der Waals surface area contributed by atoms with Crippen LogP contribution in [0.25, 0.3) is 0 Å². The maximum Gasteiger partial charge on any atom is 0.264 e. The number of aliphatic imine (C=N–C) groups is 1. The first-order valence-corrected chi connectivity index (χ1v) is 11.7. The fourth-order valence-corrected chi connectivity index (χ4v) is 3.95. The number of nitrogens with two attached hydrogens (primary N) is 1. The molecular formula is C24H34F2N6O3. The van der Waals surface area contributed by atoms with Gasteiger partial charge in [-0.15, -0.1) is 0 Å². The Morgan fingerprint density at radius 2 is 2.14 bits per heavy atom. The molecule has 1 aromatic heterocycles. The van der Waals surface area contributed by atoms with Crippen LogP contribution in [0.4, 0.5) is 8.78 Å². The molecule has 0 unspecified atom stereocenters. The van der Waals surface area contributed by atoms with E-state index in [1.165, 1.54) is 24.4 Å². The smallest absolute Gasteiger partial charge is 0.264 e. The van der Waals surface area contributed by atoms with Gasteiger partial charge in [0.05, 0.1) is 18.6 Å². The van der Waals surface area contributed by atoms with E-state index in [1.54, 1.807) is 30.8 Å². The second-order valence-corrected chi connectivity index (χ2v) is 9.59. The molecule has 0 radical (unpaired) electrons. The molecule has 1 saturated carbocycles. The van der Waals surface area contributed by atoms with Crippen LogP contribution in [0.1, 0.15) is 43.2 Å². The Morgan fingerprint density at radius 3 is 2.80 bits per heavy atom. The van der Waals surface area contributed by atoms with Crippen LogP contribution in [0.5, 0.6) is 0 Å². The number of carbonyl (C=O) groups excluding carboxylic acids is 1. The molecule has 3 rings (SSSR count). The lowest BCUT2D eigenvalue weighted by atomic mass is 9.86. The van der Waals surface area contributed by atoms with Crippen molar-refractivity contribution in [2.45, 2.75) is 50.6 Å². The predicted molar refractivity (Wildman–Crippen MR) is 130 cm³/mol. The van der Waals surface area contributed by atoms with E-state index >= 15 is 0 Å². The van der Waals surface area contributed by atoms with Crippen molar-refractivity contribution in [3.63, 3.8) is 0 Å². The second-order valence-electron chi connectivity index (χ2n) is 9.59. The minimum atomic E-state index is -2.99. The summed E-state index contributed by atoms with van der Waals surface area (Å²) in [5, 5.41) is 7.73. The van der Waals surface area contributed by atoms with E-state index in [0.29, 0.717) is 30.2 Å². The van der Waals surface area contributed by atoms with E-state index in [0.717, 1.165) is 12.8 Å². The summed E-state index contributed by atoms with van der Waals surface area (Å²) in [5.74, 6) is -4.38. The van der Waals surface area contributed by atoms with Crippen molar-refractivity contribution >= 4 is 17.6 Å². The van der Waals surface area contributed by atoms with Crippen LogP contribution in [0.2, 0.25) is 0 Å². The highest BCUT2D eigenvalue weighted by molar-refractivity contribution is 6.04. The number of ether oxygens (including phenoxy) is 1. The molecular weight excluding hydrogens is 458 g/mol. The van der Waals surface area contributed by atoms with Gasteiger partial charge in [-0.25, -0.2) is 8.78 Å². The molecule has 0 bridgehead atoms. The van der Waals surface area contributed by atoms with E-state index in [1.807, 2.05) is 0 Å². The molecule has 0 spiro atoms. The van der Waals surface area contributed by atoms with Gasteiger partial charge in [0.15, 0.2) is 0 Å². The fraction of sp³-hybridized carbons (Fsp3) is 0.583. The van der Waals surface area contributed by atoms with E-state index in [9.17, 15) is 18.4 Å². The van der Waals surface area contributed by atoms with Gasteiger partial charge in [-0.05, 0) is 57.5 Å². The zero-order chi connectivity index (χ0) is 25.8. The number of pyridine rings is 1. The summed E-state index contributed by atoms with van der Waals surface area (Å²) in [5.41, 5.74) is 6.22. The number of hydrogen-bond donors (Lipinski definition) is 3. The first-order chi connectivity index (χ1) is 16.5. The standard InChI is InChI=1S/C24H34F2N6O3/c1-15(22(33)30-20(27)6-7-21(28)35-14-16-4-5-16)32-9-8-24(25,26)19(13-32)17-10-18(12-31(2)3)23(34)29-11-17/h6-7,10-11,15-16,19,28H,4-5,8-9,12-14H2,1-3H3,(H,29,34)(H2,27,30,33)/b7-6-,28-21?/t15-,19+/m0/s1. The second kappa shape index (κ2) is 11.2. The van der Waals surface area contributed by atoms with Crippen molar-refractivity contribution in [1.82, 2.24) is 14.8 Å². The molecule has 0 aromatic carbocycles. The lowest BCUT2D eigenvalue weighted by Gasteiger charge is -2.40. The Morgan fingerprint density at radius 1 is 1.43 bits per heavy atom. The Kier molecular flexibility index (Phi) is 8.55. The van der Waals surface area contributed by atoms with Gasteiger partial charge >= 0.3 is 0 Å². The number of nitrogens with one attached hydrogen (secondary N) is 2. The Labute approximate surface area is 203 Å². The zero-order valence-corrected chi connectivity index (χ0v) is 20.4. The molecule has 2 atom stereocenters. The molecule has 4 N–H and O–H groups in total. The predicted octanol–water partition coefficient (Wildman–Crippen LogP) is 2.09. The van der Waals surface area contributed by atoms with Crippen molar-refractivity contribution in [3.8, 4) is 0 Å². The Hall–Kier alpha value is -2.92. The summed E-state index contributed by atoms with van der Waals surface area (Å²) < 4.78 is 35.0.